The van der Waals surface area contributed by atoms with Crippen molar-refractivity contribution < 1.29 is 18.3 Å². The molecule has 2 aromatic rings. The average Bonchev–Trinajstić information content (AvgIpc) is 2.63. The Kier molecular flexibility index (Phi) is 8.61. The zero-order valence-corrected chi connectivity index (χ0v) is 21.2. The molecular formula is C22H28Br2O4S. The largest absolute Gasteiger partial charge is 0.508 e. The molecule has 2 aromatic carbocycles. The van der Waals surface area contributed by atoms with Crippen molar-refractivity contribution in [2.75, 3.05) is 18.1 Å². The number of hydrogen-bond acceptors (Lipinski definition) is 4. The molecule has 1 N–H and O–H groups in total. The zero-order valence-electron chi connectivity index (χ0n) is 17.3. The highest BCUT2D eigenvalue weighted by Gasteiger charge is 2.24. The zero-order chi connectivity index (χ0) is 21.8. The smallest absolute Gasteiger partial charge is 0.150 e. The SMILES string of the molecule is Cc1cc(O)cc(C)c1Br.Cc1cc(OCC2CCS(=O)(=O)CC2)cc(C)c1Br. The van der Waals surface area contributed by atoms with Gasteiger partial charge in [-0.25, -0.2) is 8.42 Å². The lowest BCUT2D eigenvalue weighted by atomic mass is 10.0. The van der Waals surface area contributed by atoms with Gasteiger partial charge in [0.15, 0.2) is 0 Å². The lowest BCUT2D eigenvalue weighted by Gasteiger charge is -2.22. The summed E-state index contributed by atoms with van der Waals surface area (Å²) in [5.41, 5.74) is 4.44. The lowest BCUT2D eigenvalue weighted by Crippen LogP contribution is -2.26. The number of hydrogen-bond donors (Lipinski definition) is 1. The van der Waals surface area contributed by atoms with Crippen LogP contribution in [0.3, 0.4) is 0 Å². The molecule has 3 rings (SSSR count). The molecule has 1 saturated heterocycles. The summed E-state index contributed by atoms with van der Waals surface area (Å²) in [6.45, 7) is 8.60. The summed E-state index contributed by atoms with van der Waals surface area (Å²) in [6, 6.07) is 7.49. The third-order valence-electron chi connectivity index (χ3n) is 4.99. The highest BCUT2D eigenvalue weighted by Crippen LogP contribution is 2.28. The minimum atomic E-state index is -2.78. The number of phenols is 1. The molecule has 0 atom stereocenters. The van der Waals surface area contributed by atoms with Crippen LogP contribution in [0.4, 0.5) is 0 Å². The van der Waals surface area contributed by atoms with Gasteiger partial charge < -0.3 is 9.84 Å². The molecule has 1 aliphatic heterocycles. The molecule has 1 heterocycles. The van der Waals surface area contributed by atoms with Crippen molar-refractivity contribution in [2.24, 2.45) is 5.92 Å². The molecule has 0 spiro atoms. The van der Waals surface area contributed by atoms with E-state index >= 15 is 0 Å². The van der Waals surface area contributed by atoms with Gasteiger partial charge in [0.25, 0.3) is 0 Å². The number of rotatable bonds is 3. The van der Waals surface area contributed by atoms with Gasteiger partial charge in [-0.3, -0.25) is 0 Å². The Bertz CT molecular complexity index is 911. The molecule has 0 aliphatic carbocycles. The van der Waals surface area contributed by atoms with Crippen molar-refractivity contribution in [3.05, 3.63) is 55.5 Å². The first-order chi connectivity index (χ1) is 13.5. The second-order valence-electron chi connectivity index (χ2n) is 7.67. The van der Waals surface area contributed by atoms with Crippen molar-refractivity contribution in [1.82, 2.24) is 0 Å². The molecule has 0 unspecified atom stereocenters. The molecule has 160 valence electrons. The van der Waals surface area contributed by atoms with Gasteiger partial charge in [0.1, 0.15) is 21.3 Å². The summed E-state index contributed by atoms with van der Waals surface area (Å²) in [5.74, 6) is 2.16. The van der Waals surface area contributed by atoms with Crippen molar-refractivity contribution in [2.45, 2.75) is 40.5 Å². The number of sulfone groups is 1. The summed E-state index contributed by atoms with van der Waals surface area (Å²) in [5, 5.41) is 9.10. The number of halogens is 2. The molecule has 4 nitrogen and oxygen atoms in total. The first-order valence-electron chi connectivity index (χ1n) is 9.54. The molecule has 0 saturated carbocycles. The van der Waals surface area contributed by atoms with E-state index in [1.54, 1.807) is 12.1 Å². The van der Waals surface area contributed by atoms with Gasteiger partial charge in [0, 0.05) is 8.95 Å². The van der Waals surface area contributed by atoms with Gasteiger partial charge in [-0.1, -0.05) is 31.9 Å². The molecular weight excluding hydrogens is 520 g/mol. The standard InChI is InChI=1S/C14H19BrO3S.C8H9BrO/c1-10-7-13(8-11(2)14(10)15)18-9-12-3-5-19(16,17)6-4-12;1-5-3-7(10)4-6(2)8(5)9/h7-8,12H,3-6,9H2,1-2H3;3-4,10H,1-2H3. The van der Waals surface area contributed by atoms with Gasteiger partial charge in [-0.05, 0) is 93.0 Å². The summed E-state index contributed by atoms with van der Waals surface area (Å²) in [7, 11) is -2.78. The predicted molar refractivity (Wildman–Crippen MR) is 126 cm³/mol. The third-order valence-corrected chi connectivity index (χ3v) is 9.21. The Balaban J connectivity index is 0.000000253. The van der Waals surface area contributed by atoms with Crippen LogP contribution in [0, 0.1) is 33.6 Å². The van der Waals surface area contributed by atoms with Crippen LogP contribution in [-0.4, -0.2) is 31.6 Å². The van der Waals surface area contributed by atoms with E-state index in [0.29, 0.717) is 29.8 Å². The molecule has 0 bridgehead atoms. The molecule has 7 heteroatoms. The fraction of sp³-hybridized carbons (Fsp3) is 0.455. The van der Waals surface area contributed by atoms with E-state index in [4.69, 9.17) is 9.84 Å². The predicted octanol–water partition coefficient (Wildman–Crippen LogP) is 6.04. The molecule has 1 fully saturated rings. The van der Waals surface area contributed by atoms with Crippen molar-refractivity contribution >= 4 is 41.7 Å². The van der Waals surface area contributed by atoms with Crippen LogP contribution in [0.2, 0.25) is 0 Å². The molecule has 0 aromatic heterocycles. The van der Waals surface area contributed by atoms with Crippen LogP contribution >= 0.6 is 31.9 Å². The van der Waals surface area contributed by atoms with Crippen LogP contribution < -0.4 is 4.74 Å². The van der Waals surface area contributed by atoms with Gasteiger partial charge in [-0.15, -0.1) is 0 Å². The molecule has 0 amide bonds. The van der Waals surface area contributed by atoms with Crippen LogP contribution in [0.25, 0.3) is 0 Å². The second-order valence-corrected chi connectivity index (χ2v) is 11.6. The van der Waals surface area contributed by atoms with Crippen LogP contribution in [0.1, 0.15) is 35.1 Å². The summed E-state index contributed by atoms with van der Waals surface area (Å²) >= 11 is 6.93. The van der Waals surface area contributed by atoms with Gasteiger partial charge >= 0.3 is 0 Å². The normalized spacial score (nSPS) is 16.1. The van der Waals surface area contributed by atoms with E-state index in [2.05, 4.69) is 31.9 Å². The quantitative estimate of drug-likeness (QED) is 0.508. The maximum Gasteiger partial charge on any atom is 0.150 e. The van der Waals surface area contributed by atoms with E-state index < -0.39 is 9.84 Å². The second kappa shape index (κ2) is 10.3. The van der Waals surface area contributed by atoms with E-state index in [9.17, 15) is 8.42 Å². The first kappa shape index (κ1) is 24.2. The highest BCUT2D eigenvalue weighted by atomic mass is 79.9. The summed E-state index contributed by atoms with van der Waals surface area (Å²) in [6.07, 6.45) is 1.44. The van der Waals surface area contributed by atoms with Crippen molar-refractivity contribution in [1.29, 1.82) is 0 Å². The Labute approximate surface area is 190 Å². The van der Waals surface area contributed by atoms with Crippen molar-refractivity contribution in [3.63, 3.8) is 0 Å². The maximum absolute atomic E-state index is 11.4. The number of benzene rings is 2. The van der Waals surface area contributed by atoms with Crippen LogP contribution in [0.5, 0.6) is 11.5 Å². The summed E-state index contributed by atoms with van der Waals surface area (Å²) in [4.78, 5) is 0. The number of aromatic hydroxyl groups is 1. The van der Waals surface area contributed by atoms with Crippen LogP contribution in [-0.2, 0) is 9.84 Å². The fourth-order valence-electron chi connectivity index (χ4n) is 3.23. The van der Waals surface area contributed by atoms with Gasteiger partial charge in [0.05, 0.1) is 18.1 Å². The van der Waals surface area contributed by atoms with Gasteiger partial charge in [-0.2, -0.15) is 0 Å². The monoisotopic (exact) mass is 546 g/mol. The Morgan fingerprint density at radius 3 is 1.76 bits per heavy atom. The van der Waals surface area contributed by atoms with E-state index in [-0.39, 0.29) is 0 Å². The van der Waals surface area contributed by atoms with Crippen molar-refractivity contribution in [3.8, 4) is 11.5 Å². The van der Waals surface area contributed by atoms with Gasteiger partial charge in [0.2, 0.25) is 0 Å². The Hall–Kier alpha value is -1.05. The topological polar surface area (TPSA) is 63.6 Å². The number of phenolic OH excluding ortho intramolecular Hbond substituents is 1. The minimum Gasteiger partial charge on any atom is -0.508 e. The summed E-state index contributed by atoms with van der Waals surface area (Å²) < 4.78 is 30.7. The lowest BCUT2D eigenvalue weighted by molar-refractivity contribution is 0.238. The highest BCUT2D eigenvalue weighted by molar-refractivity contribution is 9.10. The number of ether oxygens (including phenoxy) is 1. The first-order valence-corrected chi connectivity index (χ1v) is 12.9. The third kappa shape index (κ3) is 7.30. The molecule has 1 aliphatic rings. The average molecular weight is 548 g/mol. The van der Waals surface area contributed by atoms with Crippen LogP contribution in [0.15, 0.2) is 33.2 Å². The van der Waals surface area contributed by atoms with E-state index in [0.717, 1.165) is 49.8 Å². The van der Waals surface area contributed by atoms with E-state index in [1.165, 1.54) is 0 Å². The Morgan fingerprint density at radius 2 is 1.31 bits per heavy atom. The fourth-order valence-corrected chi connectivity index (χ4v) is 5.28. The number of aryl methyl sites for hydroxylation is 4. The minimum absolute atomic E-state index is 0.305. The Morgan fingerprint density at radius 1 is 0.897 bits per heavy atom. The maximum atomic E-state index is 11.4. The molecule has 0 radical (unpaired) electrons. The molecule has 29 heavy (non-hydrogen) atoms. The van der Waals surface area contributed by atoms with E-state index in [1.807, 2.05) is 39.8 Å².